The fourth-order valence-corrected chi connectivity index (χ4v) is 2.33. The average Bonchev–Trinajstić information content (AvgIpc) is 2.30. The number of nitrogens with zero attached hydrogens (tertiary/aromatic N) is 1. The van der Waals surface area contributed by atoms with E-state index in [-0.39, 0.29) is 18.2 Å². The zero-order chi connectivity index (χ0) is 12.3. The topological polar surface area (TPSA) is 32.7 Å². The van der Waals surface area contributed by atoms with Gasteiger partial charge in [0.25, 0.3) is 0 Å². The van der Waals surface area contributed by atoms with Crippen LogP contribution in [0.25, 0.3) is 0 Å². The number of benzene rings is 1. The van der Waals surface area contributed by atoms with E-state index in [9.17, 15) is 5.11 Å². The zero-order valence-corrected chi connectivity index (χ0v) is 10.5. The number of ether oxygens (including phenoxy) is 1. The Morgan fingerprint density at radius 1 is 1.41 bits per heavy atom. The second kappa shape index (κ2) is 5.63. The highest BCUT2D eigenvalue weighted by atomic mass is 16.5. The zero-order valence-electron chi connectivity index (χ0n) is 10.5. The van der Waals surface area contributed by atoms with E-state index in [0.717, 1.165) is 13.1 Å². The maximum atomic E-state index is 9.79. The SMILES string of the molecule is CC1CN(Cc2ccccc2)C(C(C)O)CO1. The number of hydrogen-bond donors (Lipinski definition) is 1. The molecule has 3 nitrogen and oxygen atoms in total. The third-order valence-electron chi connectivity index (χ3n) is 3.30. The summed E-state index contributed by atoms with van der Waals surface area (Å²) in [6.45, 7) is 6.29. The smallest absolute Gasteiger partial charge is 0.0689 e. The van der Waals surface area contributed by atoms with Crippen LogP contribution < -0.4 is 0 Å². The van der Waals surface area contributed by atoms with Crippen molar-refractivity contribution in [2.45, 2.75) is 38.6 Å². The van der Waals surface area contributed by atoms with Gasteiger partial charge in [-0.2, -0.15) is 0 Å². The van der Waals surface area contributed by atoms with Crippen molar-refractivity contribution in [3.63, 3.8) is 0 Å². The van der Waals surface area contributed by atoms with E-state index in [0.29, 0.717) is 6.61 Å². The van der Waals surface area contributed by atoms with Crippen LogP contribution in [0.1, 0.15) is 19.4 Å². The van der Waals surface area contributed by atoms with Crippen molar-refractivity contribution < 1.29 is 9.84 Å². The molecule has 1 fully saturated rings. The molecule has 0 amide bonds. The Morgan fingerprint density at radius 2 is 2.12 bits per heavy atom. The first kappa shape index (κ1) is 12.6. The van der Waals surface area contributed by atoms with Crippen LogP contribution >= 0.6 is 0 Å². The molecule has 1 aromatic carbocycles. The predicted molar refractivity (Wildman–Crippen MR) is 67.7 cm³/mol. The van der Waals surface area contributed by atoms with Gasteiger partial charge in [-0.1, -0.05) is 30.3 Å². The van der Waals surface area contributed by atoms with E-state index in [1.807, 2.05) is 13.0 Å². The molecular weight excluding hydrogens is 214 g/mol. The van der Waals surface area contributed by atoms with E-state index in [2.05, 4.69) is 36.1 Å². The van der Waals surface area contributed by atoms with E-state index in [1.54, 1.807) is 0 Å². The molecule has 17 heavy (non-hydrogen) atoms. The molecule has 1 aromatic rings. The minimum absolute atomic E-state index is 0.103. The van der Waals surface area contributed by atoms with E-state index < -0.39 is 0 Å². The van der Waals surface area contributed by atoms with Crippen molar-refractivity contribution in [2.24, 2.45) is 0 Å². The van der Waals surface area contributed by atoms with Crippen molar-refractivity contribution >= 4 is 0 Å². The van der Waals surface area contributed by atoms with Crippen LogP contribution in [0.4, 0.5) is 0 Å². The Balaban J connectivity index is 2.05. The lowest BCUT2D eigenvalue weighted by molar-refractivity contribution is -0.0911. The Kier molecular flexibility index (Phi) is 4.15. The van der Waals surface area contributed by atoms with E-state index in [4.69, 9.17) is 4.74 Å². The maximum Gasteiger partial charge on any atom is 0.0689 e. The fourth-order valence-electron chi connectivity index (χ4n) is 2.33. The third-order valence-corrected chi connectivity index (χ3v) is 3.30. The van der Waals surface area contributed by atoms with Gasteiger partial charge in [0.2, 0.25) is 0 Å². The molecule has 0 radical (unpaired) electrons. The van der Waals surface area contributed by atoms with Crippen LogP contribution in [0, 0.1) is 0 Å². The van der Waals surface area contributed by atoms with Gasteiger partial charge < -0.3 is 9.84 Å². The highest BCUT2D eigenvalue weighted by Crippen LogP contribution is 2.17. The molecule has 1 heterocycles. The lowest BCUT2D eigenvalue weighted by atomic mass is 10.1. The van der Waals surface area contributed by atoms with Gasteiger partial charge in [-0.05, 0) is 19.4 Å². The van der Waals surface area contributed by atoms with Gasteiger partial charge in [0, 0.05) is 13.1 Å². The molecule has 3 unspecified atom stereocenters. The van der Waals surface area contributed by atoms with Crippen molar-refractivity contribution in [1.29, 1.82) is 0 Å². The molecule has 3 heteroatoms. The first-order chi connectivity index (χ1) is 8.16. The van der Waals surface area contributed by atoms with Crippen LogP contribution in [0.15, 0.2) is 30.3 Å². The van der Waals surface area contributed by atoms with Gasteiger partial charge in [-0.25, -0.2) is 0 Å². The monoisotopic (exact) mass is 235 g/mol. The fraction of sp³-hybridized carbons (Fsp3) is 0.571. The summed E-state index contributed by atoms with van der Waals surface area (Å²) < 4.78 is 5.62. The number of rotatable bonds is 3. The molecule has 1 saturated heterocycles. The second-order valence-electron chi connectivity index (χ2n) is 4.87. The van der Waals surface area contributed by atoms with Crippen molar-refractivity contribution in [2.75, 3.05) is 13.2 Å². The van der Waals surface area contributed by atoms with Crippen LogP contribution in [0.2, 0.25) is 0 Å². The summed E-state index contributed by atoms with van der Waals surface area (Å²) in [4.78, 5) is 2.31. The van der Waals surface area contributed by atoms with E-state index >= 15 is 0 Å². The molecule has 94 valence electrons. The average molecular weight is 235 g/mol. The summed E-state index contributed by atoms with van der Waals surface area (Å²) in [6, 6.07) is 10.5. The Labute approximate surface area is 103 Å². The molecule has 1 N–H and O–H groups in total. The first-order valence-electron chi connectivity index (χ1n) is 6.24. The van der Waals surface area contributed by atoms with Gasteiger partial charge in [0.15, 0.2) is 0 Å². The van der Waals surface area contributed by atoms with Gasteiger partial charge in [0.05, 0.1) is 24.9 Å². The molecule has 1 aliphatic heterocycles. The van der Waals surface area contributed by atoms with Gasteiger partial charge in [-0.15, -0.1) is 0 Å². The molecule has 2 rings (SSSR count). The lowest BCUT2D eigenvalue weighted by Gasteiger charge is -2.40. The first-order valence-corrected chi connectivity index (χ1v) is 6.24. The molecular formula is C14H21NO2. The van der Waals surface area contributed by atoms with Crippen LogP contribution in [-0.4, -0.2) is 41.4 Å². The highest BCUT2D eigenvalue weighted by Gasteiger charge is 2.29. The van der Waals surface area contributed by atoms with Crippen molar-refractivity contribution in [3.8, 4) is 0 Å². The summed E-state index contributed by atoms with van der Waals surface area (Å²) in [5, 5.41) is 9.79. The highest BCUT2D eigenvalue weighted by molar-refractivity contribution is 5.14. The number of morpholine rings is 1. The van der Waals surface area contributed by atoms with Gasteiger partial charge in [0.1, 0.15) is 0 Å². The standard InChI is InChI=1S/C14H21NO2/c1-11-8-15(14(10-17-11)12(2)16)9-13-6-4-3-5-7-13/h3-7,11-12,14,16H,8-10H2,1-2H3. The van der Waals surface area contributed by atoms with Gasteiger partial charge >= 0.3 is 0 Å². The largest absolute Gasteiger partial charge is 0.392 e. The van der Waals surface area contributed by atoms with Crippen LogP contribution in [0.3, 0.4) is 0 Å². The summed E-state index contributed by atoms with van der Waals surface area (Å²) >= 11 is 0. The Bertz CT molecular complexity index is 339. The molecule has 0 spiro atoms. The molecule has 0 saturated carbocycles. The minimum atomic E-state index is -0.355. The molecule has 1 aliphatic rings. The quantitative estimate of drug-likeness (QED) is 0.865. The lowest BCUT2D eigenvalue weighted by Crippen LogP contribution is -2.52. The normalized spacial score (nSPS) is 27.9. The summed E-state index contributed by atoms with van der Waals surface area (Å²) in [6.07, 6.45) is -0.111. The molecule has 0 aromatic heterocycles. The minimum Gasteiger partial charge on any atom is -0.392 e. The second-order valence-corrected chi connectivity index (χ2v) is 4.87. The molecule has 0 bridgehead atoms. The van der Waals surface area contributed by atoms with Crippen LogP contribution in [0.5, 0.6) is 0 Å². The third kappa shape index (κ3) is 3.28. The summed E-state index contributed by atoms with van der Waals surface area (Å²) in [5.74, 6) is 0. The van der Waals surface area contributed by atoms with Crippen molar-refractivity contribution in [3.05, 3.63) is 35.9 Å². The summed E-state index contributed by atoms with van der Waals surface area (Å²) in [5.41, 5.74) is 1.28. The molecule has 0 aliphatic carbocycles. The molecule has 3 atom stereocenters. The van der Waals surface area contributed by atoms with E-state index in [1.165, 1.54) is 5.56 Å². The Hall–Kier alpha value is -0.900. The van der Waals surface area contributed by atoms with Gasteiger partial charge in [-0.3, -0.25) is 4.90 Å². The van der Waals surface area contributed by atoms with Crippen LogP contribution in [-0.2, 0) is 11.3 Å². The number of aliphatic hydroxyl groups is 1. The predicted octanol–water partition coefficient (Wildman–Crippen LogP) is 1.66. The Morgan fingerprint density at radius 3 is 2.76 bits per heavy atom. The summed E-state index contributed by atoms with van der Waals surface area (Å²) in [7, 11) is 0. The maximum absolute atomic E-state index is 9.79. The number of aliphatic hydroxyl groups excluding tert-OH is 1. The van der Waals surface area contributed by atoms with Crippen molar-refractivity contribution in [1.82, 2.24) is 4.90 Å². The number of hydrogen-bond acceptors (Lipinski definition) is 3.